The first-order valence-electron chi connectivity index (χ1n) is 9.71. The SMILES string of the molecule is Cc1ccc(OCCNC(=NCc2nnc(C)n2C)NCCc2cccs2)cc1. The summed E-state index contributed by atoms with van der Waals surface area (Å²) in [6.45, 7) is 6.47. The van der Waals surface area contributed by atoms with Gasteiger partial charge in [-0.05, 0) is 43.8 Å². The molecule has 2 N–H and O–H groups in total. The quantitative estimate of drug-likeness (QED) is 0.321. The van der Waals surface area contributed by atoms with E-state index in [1.54, 1.807) is 11.3 Å². The van der Waals surface area contributed by atoms with Crippen LogP contribution in [0.4, 0.5) is 0 Å². The lowest BCUT2D eigenvalue weighted by molar-refractivity contribution is 0.322. The van der Waals surface area contributed by atoms with Crippen LogP contribution in [0.5, 0.6) is 5.75 Å². The summed E-state index contributed by atoms with van der Waals surface area (Å²) in [6.07, 6.45) is 0.960. The predicted octanol–water partition coefficient (Wildman–Crippen LogP) is 2.85. The number of thiophene rings is 1. The zero-order valence-corrected chi connectivity index (χ0v) is 18.0. The number of aromatic nitrogens is 3. The molecule has 29 heavy (non-hydrogen) atoms. The van der Waals surface area contributed by atoms with Crippen LogP contribution in [0.3, 0.4) is 0 Å². The molecule has 0 amide bonds. The first kappa shape index (κ1) is 20.9. The van der Waals surface area contributed by atoms with Gasteiger partial charge in [-0.15, -0.1) is 21.5 Å². The standard InChI is InChI=1S/C21H28N6OS/c1-16-6-8-18(9-7-16)28-13-12-23-21(22-11-10-19-5-4-14-29-19)24-15-20-26-25-17(2)27(20)3/h4-9,14H,10-13,15H2,1-3H3,(H2,22,23,24). The van der Waals surface area contributed by atoms with E-state index in [2.05, 4.69) is 50.3 Å². The van der Waals surface area contributed by atoms with Crippen LogP contribution in [0.15, 0.2) is 46.8 Å². The molecule has 1 aromatic carbocycles. The molecule has 0 spiro atoms. The molecule has 0 radical (unpaired) electrons. The van der Waals surface area contributed by atoms with Crippen molar-refractivity contribution in [2.24, 2.45) is 12.0 Å². The Morgan fingerprint density at radius 3 is 2.59 bits per heavy atom. The fourth-order valence-corrected chi connectivity index (χ4v) is 3.35. The molecule has 3 aromatic rings. The van der Waals surface area contributed by atoms with Crippen LogP contribution < -0.4 is 15.4 Å². The Hall–Kier alpha value is -2.87. The van der Waals surface area contributed by atoms with E-state index in [4.69, 9.17) is 4.74 Å². The first-order valence-corrected chi connectivity index (χ1v) is 10.6. The van der Waals surface area contributed by atoms with Crippen LogP contribution in [-0.2, 0) is 20.0 Å². The minimum Gasteiger partial charge on any atom is -0.492 e. The van der Waals surface area contributed by atoms with Crippen LogP contribution >= 0.6 is 11.3 Å². The lowest BCUT2D eigenvalue weighted by atomic mass is 10.2. The summed E-state index contributed by atoms with van der Waals surface area (Å²) in [7, 11) is 1.95. The summed E-state index contributed by atoms with van der Waals surface area (Å²) in [6, 6.07) is 12.3. The second-order valence-electron chi connectivity index (χ2n) is 6.73. The third kappa shape index (κ3) is 6.60. The van der Waals surface area contributed by atoms with E-state index in [1.165, 1.54) is 10.4 Å². The zero-order chi connectivity index (χ0) is 20.5. The summed E-state index contributed by atoms with van der Waals surface area (Å²) in [4.78, 5) is 6.01. The number of hydrogen-bond donors (Lipinski definition) is 2. The summed E-state index contributed by atoms with van der Waals surface area (Å²) >= 11 is 1.77. The Kier molecular flexibility index (Phi) is 7.63. The van der Waals surface area contributed by atoms with Gasteiger partial charge in [0, 0.05) is 18.5 Å². The van der Waals surface area contributed by atoms with Crippen molar-refractivity contribution in [3.05, 3.63) is 63.9 Å². The van der Waals surface area contributed by atoms with Gasteiger partial charge in [-0.25, -0.2) is 4.99 Å². The maximum Gasteiger partial charge on any atom is 0.191 e. The van der Waals surface area contributed by atoms with Crippen molar-refractivity contribution in [2.45, 2.75) is 26.8 Å². The number of hydrogen-bond acceptors (Lipinski definition) is 5. The van der Waals surface area contributed by atoms with Gasteiger partial charge in [0.1, 0.15) is 24.7 Å². The Bertz CT molecular complexity index is 902. The maximum atomic E-state index is 5.79. The molecule has 0 bridgehead atoms. The number of ether oxygens (including phenoxy) is 1. The van der Waals surface area contributed by atoms with E-state index in [1.807, 2.05) is 42.8 Å². The van der Waals surface area contributed by atoms with E-state index in [-0.39, 0.29) is 0 Å². The molecular weight excluding hydrogens is 384 g/mol. The smallest absolute Gasteiger partial charge is 0.191 e. The third-order valence-corrected chi connectivity index (χ3v) is 5.43. The molecule has 7 nitrogen and oxygen atoms in total. The van der Waals surface area contributed by atoms with Gasteiger partial charge in [0.15, 0.2) is 11.8 Å². The molecule has 0 fully saturated rings. The fourth-order valence-electron chi connectivity index (χ4n) is 2.64. The lowest BCUT2D eigenvalue weighted by Crippen LogP contribution is -2.40. The molecule has 0 aliphatic rings. The number of benzene rings is 1. The average Bonchev–Trinajstić information content (AvgIpc) is 3.35. The van der Waals surface area contributed by atoms with Crippen molar-refractivity contribution in [1.82, 2.24) is 25.4 Å². The van der Waals surface area contributed by atoms with Gasteiger partial charge in [-0.3, -0.25) is 0 Å². The highest BCUT2D eigenvalue weighted by atomic mass is 32.1. The molecule has 2 heterocycles. The molecule has 154 valence electrons. The molecule has 0 aliphatic heterocycles. The second-order valence-corrected chi connectivity index (χ2v) is 7.76. The van der Waals surface area contributed by atoms with Crippen molar-refractivity contribution in [1.29, 1.82) is 0 Å². The molecule has 0 atom stereocenters. The highest BCUT2D eigenvalue weighted by Gasteiger charge is 2.05. The van der Waals surface area contributed by atoms with Gasteiger partial charge in [0.25, 0.3) is 0 Å². The highest BCUT2D eigenvalue weighted by Crippen LogP contribution is 2.11. The molecule has 2 aromatic heterocycles. The van der Waals surface area contributed by atoms with Crippen molar-refractivity contribution in [2.75, 3.05) is 19.7 Å². The fraction of sp³-hybridized carbons (Fsp3) is 0.381. The van der Waals surface area contributed by atoms with Crippen molar-refractivity contribution in [3.8, 4) is 5.75 Å². The number of guanidine groups is 1. The minimum absolute atomic E-state index is 0.463. The minimum atomic E-state index is 0.463. The van der Waals surface area contributed by atoms with Gasteiger partial charge in [0.2, 0.25) is 0 Å². The van der Waals surface area contributed by atoms with Crippen LogP contribution in [0.2, 0.25) is 0 Å². The molecule has 8 heteroatoms. The zero-order valence-electron chi connectivity index (χ0n) is 17.2. The van der Waals surface area contributed by atoms with Crippen molar-refractivity contribution in [3.63, 3.8) is 0 Å². The van der Waals surface area contributed by atoms with Gasteiger partial charge < -0.3 is 19.9 Å². The number of aryl methyl sites for hydroxylation is 2. The van der Waals surface area contributed by atoms with Gasteiger partial charge >= 0.3 is 0 Å². The summed E-state index contributed by atoms with van der Waals surface area (Å²) in [5, 5.41) is 17.1. The van der Waals surface area contributed by atoms with E-state index in [0.29, 0.717) is 19.7 Å². The van der Waals surface area contributed by atoms with Crippen LogP contribution in [0.1, 0.15) is 22.1 Å². The van der Waals surface area contributed by atoms with E-state index >= 15 is 0 Å². The second kappa shape index (κ2) is 10.6. The topological polar surface area (TPSA) is 76.4 Å². The van der Waals surface area contributed by atoms with E-state index < -0.39 is 0 Å². The van der Waals surface area contributed by atoms with Gasteiger partial charge in [-0.1, -0.05) is 23.8 Å². The number of aliphatic imine (C=N–C) groups is 1. The summed E-state index contributed by atoms with van der Waals surface area (Å²) in [5.41, 5.74) is 1.22. The Morgan fingerprint density at radius 1 is 1.10 bits per heavy atom. The van der Waals surface area contributed by atoms with Gasteiger partial charge in [0.05, 0.1) is 6.54 Å². The largest absolute Gasteiger partial charge is 0.492 e. The number of nitrogens with zero attached hydrogens (tertiary/aromatic N) is 4. The Labute approximate surface area is 175 Å². The summed E-state index contributed by atoms with van der Waals surface area (Å²) in [5.74, 6) is 3.32. The number of nitrogens with one attached hydrogen (secondary N) is 2. The maximum absolute atomic E-state index is 5.79. The summed E-state index contributed by atoms with van der Waals surface area (Å²) < 4.78 is 7.74. The monoisotopic (exact) mass is 412 g/mol. The van der Waals surface area contributed by atoms with E-state index in [0.717, 1.165) is 36.3 Å². The average molecular weight is 413 g/mol. The van der Waals surface area contributed by atoms with Crippen LogP contribution in [0.25, 0.3) is 0 Å². The van der Waals surface area contributed by atoms with Crippen LogP contribution in [-0.4, -0.2) is 40.4 Å². The van der Waals surface area contributed by atoms with Gasteiger partial charge in [-0.2, -0.15) is 0 Å². The third-order valence-electron chi connectivity index (χ3n) is 4.49. The Balaban J connectivity index is 1.51. The van der Waals surface area contributed by atoms with Crippen molar-refractivity contribution < 1.29 is 4.74 Å². The Morgan fingerprint density at radius 2 is 1.90 bits per heavy atom. The lowest BCUT2D eigenvalue weighted by Gasteiger charge is -2.13. The normalized spacial score (nSPS) is 11.5. The van der Waals surface area contributed by atoms with E-state index in [9.17, 15) is 0 Å². The number of rotatable bonds is 9. The molecular formula is C21H28N6OS. The molecule has 0 saturated heterocycles. The molecule has 0 unspecified atom stereocenters. The van der Waals surface area contributed by atoms with Crippen molar-refractivity contribution >= 4 is 17.3 Å². The predicted molar refractivity (Wildman–Crippen MR) is 118 cm³/mol. The molecule has 0 aliphatic carbocycles. The highest BCUT2D eigenvalue weighted by molar-refractivity contribution is 7.09. The van der Waals surface area contributed by atoms with Crippen LogP contribution in [0, 0.1) is 13.8 Å². The molecule has 3 rings (SSSR count). The molecule has 0 saturated carbocycles. The first-order chi connectivity index (χ1) is 14.1.